The van der Waals surface area contributed by atoms with Gasteiger partial charge < -0.3 is 14.2 Å². The molecule has 0 spiro atoms. The standard InChI is InChI=1S/C25H22Cl2N2O3/c1-14-4-6-15(7-5-14)20-13-21-18-11-17(26)12-19(27)24(18)32-25(29(21)28-20)16-8-9-22(30-2)23(10-16)31-3/h4-12,21,25H,13H2,1-3H3/t21-,25+/m0/s1. The van der Waals surface area contributed by atoms with Gasteiger partial charge in [0.15, 0.2) is 11.5 Å². The van der Waals surface area contributed by atoms with Crippen molar-refractivity contribution < 1.29 is 14.2 Å². The Balaban J connectivity index is 1.62. The molecule has 0 amide bonds. The molecular formula is C25H22Cl2N2O3. The van der Waals surface area contributed by atoms with Crippen molar-refractivity contribution in [2.75, 3.05) is 14.2 Å². The fourth-order valence-corrected chi connectivity index (χ4v) is 4.82. The zero-order valence-electron chi connectivity index (χ0n) is 17.9. The average Bonchev–Trinajstić information content (AvgIpc) is 3.24. The largest absolute Gasteiger partial charge is 0.493 e. The fraction of sp³-hybridized carbons (Fsp3) is 0.240. The van der Waals surface area contributed by atoms with Crippen molar-refractivity contribution in [2.24, 2.45) is 5.10 Å². The number of halogens is 2. The monoisotopic (exact) mass is 468 g/mol. The van der Waals surface area contributed by atoms with E-state index >= 15 is 0 Å². The van der Waals surface area contributed by atoms with E-state index in [2.05, 4.69) is 31.2 Å². The van der Waals surface area contributed by atoms with Crippen LogP contribution in [0, 0.1) is 6.92 Å². The molecule has 0 radical (unpaired) electrons. The molecule has 7 heteroatoms. The van der Waals surface area contributed by atoms with E-state index < -0.39 is 6.23 Å². The second-order valence-electron chi connectivity index (χ2n) is 7.90. The highest BCUT2D eigenvalue weighted by Gasteiger charge is 2.42. The molecule has 0 aromatic heterocycles. The third-order valence-electron chi connectivity index (χ3n) is 5.89. The van der Waals surface area contributed by atoms with Gasteiger partial charge in [-0.05, 0) is 42.8 Å². The molecule has 2 heterocycles. The first-order valence-corrected chi connectivity index (χ1v) is 11.0. The number of hydrogen-bond donors (Lipinski definition) is 0. The van der Waals surface area contributed by atoms with Crippen LogP contribution in [0.15, 0.2) is 59.7 Å². The minimum Gasteiger partial charge on any atom is -0.493 e. The van der Waals surface area contributed by atoms with Crippen molar-refractivity contribution in [1.29, 1.82) is 0 Å². The number of nitrogens with zero attached hydrogens (tertiary/aromatic N) is 2. The van der Waals surface area contributed by atoms with E-state index in [9.17, 15) is 0 Å². The number of benzene rings is 3. The van der Waals surface area contributed by atoms with Crippen LogP contribution in [-0.2, 0) is 0 Å². The van der Waals surface area contributed by atoms with Gasteiger partial charge in [-0.25, -0.2) is 5.01 Å². The quantitative estimate of drug-likeness (QED) is 0.434. The summed E-state index contributed by atoms with van der Waals surface area (Å²) >= 11 is 12.9. The summed E-state index contributed by atoms with van der Waals surface area (Å²) < 4.78 is 17.3. The Morgan fingerprint density at radius 1 is 0.969 bits per heavy atom. The molecule has 0 fully saturated rings. The summed E-state index contributed by atoms with van der Waals surface area (Å²) in [6.07, 6.45) is 0.244. The van der Waals surface area contributed by atoms with Crippen LogP contribution in [0.25, 0.3) is 0 Å². The van der Waals surface area contributed by atoms with E-state index in [0.717, 1.165) is 28.8 Å². The van der Waals surface area contributed by atoms with Crippen LogP contribution >= 0.6 is 23.2 Å². The first kappa shape index (κ1) is 21.0. The first-order chi connectivity index (χ1) is 15.5. The van der Waals surface area contributed by atoms with Gasteiger partial charge in [0.2, 0.25) is 6.23 Å². The summed E-state index contributed by atoms with van der Waals surface area (Å²) in [7, 11) is 3.23. The molecule has 2 atom stereocenters. The molecule has 0 N–H and O–H groups in total. The van der Waals surface area contributed by atoms with Crippen LogP contribution < -0.4 is 14.2 Å². The Morgan fingerprint density at radius 3 is 2.44 bits per heavy atom. The summed E-state index contributed by atoms with van der Waals surface area (Å²) in [5.74, 6) is 1.91. The van der Waals surface area contributed by atoms with Crippen LogP contribution in [0.2, 0.25) is 10.0 Å². The lowest BCUT2D eigenvalue weighted by molar-refractivity contribution is -0.0190. The molecule has 0 saturated heterocycles. The first-order valence-electron chi connectivity index (χ1n) is 10.3. The number of ether oxygens (including phenoxy) is 3. The van der Waals surface area contributed by atoms with E-state index in [4.69, 9.17) is 42.5 Å². The number of rotatable bonds is 4. The van der Waals surface area contributed by atoms with Crippen molar-refractivity contribution in [1.82, 2.24) is 5.01 Å². The molecule has 2 aliphatic heterocycles. The maximum Gasteiger partial charge on any atom is 0.214 e. The topological polar surface area (TPSA) is 43.3 Å². The lowest BCUT2D eigenvalue weighted by Gasteiger charge is -2.38. The molecule has 2 aliphatic rings. The highest BCUT2D eigenvalue weighted by molar-refractivity contribution is 6.35. The molecule has 0 saturated carbocycles. The average molecular weight is 469 g/mol. The van der Waals surface area contributed by atoms with E-state index in [1.807, 2.05) is 29.3 Å². The van der Waals surface area contributed by atoms with Gasteiger partial charge in [-0.15, -0.1) is 0 Å². The predicted octanol–water partition coefficient (Wildman–Crippen LogP) is 6.56. The Morgan fingerprint density at radius 2 is 1.72 bits per heavy atom. The van der Waals surface area contributed by atoms with Gasteiger partial charge >= 0.3 is 0 Å². The van der Waals surface area contributed by atoms with Crippen LogP contribution in [0.5, 0.6) is 17.2 Å². The van der Waals surface area contributed by atoms with Crippen molar-refractivity contribution >= 4 is 28.9 Å². The molecule has 32 heavy (non-hydrogen) atoms. The summed E-state index contributed by atoms with van der Waals surface area (Å²) in [6, 6.07) is 17.7. The lowest BCUT2D eigenvalue weighted by Crippen LogP contribution is -2.33. The molecule has 0 unspecified atom stereocenters. The summed E-state index contributed by atoms with van der Waals surface area (Å²) in [5, 5.41) is 8.04. The Bertz CT molecular complexity index is 1210. The minimum atomic E-state index is -0.478. The van der Waals surface area contributed by atoms with Gasteiger partial charge in [0, 0.05) is 22.6 Å². The maximum atomic E-state index is 6.56. The second-order valence-corrected chi connectivity index (χ2v) is 8.75. The van der Waals surface area contributed by atoms with Crippen LogP contribution in [0.4, 0.5) is 0 Å². The summed E-state index contributed by atoms with van der Waals surface area (Å²) in [6.45, 7) is 2.07. The number of aryl methyl sites for hydroxylation is 1. The summed E-state index contributed by atoms with van der Waals surface area (Å²) in [5.41, 5.74) is 5.11. The maximum absolute atomic E-state index is 6.56. The van der Waals surface area contributed by atoms with Gasteiger partial charge in [0.05, 0.1) is 31.0 Å². The predicted molar refractivity (Wildman–Crippen MR) is 126 cm³/mol. The van der Waals surface area contributed by atoms with Crippen LogP contribution in [0.1, 0.15) is 40.9 Å². The highest BCUT2D eigenvalue weighted by Crippen LogP contribution is 2.51. The molecule has 5 nitrogen and oxygen atoms in total. The molecule has 0 bridgehead atoms. The van der Waals surface area contributed by atoms with Crippen LogP contribution in [-0.4, -0.2) is 24.9 Å². The van der Waals surface area contributed by atoms with Crippen LogP contribution in [0.3, 0.4) is 0 Å². The van der Waals surface area contributed by atoms with Crippen molar-refractivity contribution in [3.05, 3.63) is 86.9 Å². The van der Waals surface area contributed by atoms with Crippen molar-refractivity contribution in [3.63, 3.8) is 0 Å². The summed E-state index contributed by atoms with van der Waals surface area (Å²) in [4.78, 5) is 0. The van der Waals surface area contributed by atoms with Gasteiger partial charge in [-0.1, -0.05) is 53.0 Å². The van der Waals surface area contributed by atoms with E-state index in [1.54, 1.807) is 20.3 Å². The van der Waals surface area contributed by atoms with Gasteiger partial charge in [-0.2, -0.15) is 5.10 Å². The van der Waals surface area contributed by atoms with E-state index in [-0.39, 0.29) is 6.04 Å². The van der Waals surface area contributed by atoms with Gasteiger partial charge in [-0.3, -0.25) is 0 Å². The number of fused-ring (bicyclic) bond motifs is 3. The Kier molecular flexibility index (Phi) is 5.39. The smallest absolute Gasteiger partial charge is 0.214 e. The fourth-order valence-electron chi connectivity index (χ4n) is 4.26. The van der Waals surface area contributed by atoms with E-state index in [1.165, 1.54) is 5.56 Å². The highest BCUT2D eigenvalue weighted by atomic mass is 35.5. The molecule has 0 aliphatic carbocycles. The molecule has 5 rings (SSSR count). The zero-order valence-corrected chi connectivity index (χ0v) is 19.4. The minimum absolute atomic E-state index is 0.0515. The Hall–Kier alpha value is -2.89. The lowest BCUT2D eigenvalue weighted by atomic mass is 9.95. The number of hydrazone groups is 1. The second kappa shape index (κ2) is 8.23. The number of hydrogen-bond acceptors (Lipinski definition) is 5. The molecule has 3 aromatic rings. The van der Waals surface area contributed by atoms with Crippen molar-refractivity contribution in [2.45, 2.75) is 25.6 Å². The Labute approximate surface area is 197 Å². The SMILES string of the molecule is COc1ccc([C@H]2Oc3c(Cl)cc(Cl)cc3[C@@H]3CC(c4ccc(C)cc4)=NN23)cc1OC. The van der Waals surface area contributed by atoms with Gasteiger partial charge in [0.1, 0.15) is 5.75 Å². The molecule has 164 valence electrons. The van der Waals surface area contributed by atoms with Gasteiger partial charge in [0.25, 0.3) is 0 Å². The number of methoxy groups -OCH3 is 2. The van der Waals surface area contributed by atoms with E-state index in [0.29, 0.717) is 27.3 Å². The molecule has 3 aromatic carbocycles. The molecular weight excluding hydrogens is 447 g/mol. The zero-order chi connectivity index (χ0) is 22.4. The van der Waals surface area contributed by atoms with Crippen molar-refractivity contribution in [3.8, 4) is 17.2 Å². The third kappa shape index (κ3) is 3.55. The third-order valence-corrected chi connectivity index (χ3v) is 6.38. The normalized spacial score (nSPS) is 19.0.